The molecule has 1 aliphatic rings. The van der Waals surface area contributed by atoms with Crippen molar-refractivity contribution in [2.45, 2.75) is 0 Å². The highest BCUT2D eigenvalue weighted by atomic mass is 32.2. The van der Waals surface area contributed by atoms with Crippen molar-refractivity contribution in [3.8, 4) is 0 Å². The molecule has 0 bridgehead atoms. The van der Waals surface area contributed by atoms with E-state index in [4.69, 9.17) is 0 Å². The highest BCUT2D eigenvalue weighted by Gasteiger charge is 1.85. The van der Waals surface area contributed by atoms with Crippen LogP contribution in [-0.4, -0.2) is 17.8 Å². The molecule has 0 radical (unpaired) electrons. The van der Waals surface area contributed by atoms with Gasteiger partial charge >= 0.3 is 0 Å². The standard InChI is InChI=1S/C6H10N2S/c1-8-3-2-7-6-9-5-4-8/h2-5,7H,6H2,1H3/b3-2-,5-4-. The average Bonchev–Trinajstić information content (AvgIpc) is 1.79. The zero-order chi connectivity index (χ0) is 6.53. The first kappa shape index (κ1) is 6.55. The fourth-order valence-corrected chi connectivity index (χ4v) is 1.07. The summed E-state index contributed by atoms with van der Waals surface area (Å²) in [5.74, 6) is 0.959. The molecule has 1 heterocycles. The van der Waals surface area contributed by atoms with Crippen molar-refractivity contribution in [3.05, 3.63) is 24.0 Å². The third-order valence-corrected chi connectivity index (χ3v) is 1.63. The zero-order valence-corrected chi connectivity index (χ0v) is 6.19. The molecule has 0 aliphatic carbocycles. The molecule has 0 spiro atoms. The summed E-state index contributed by atoms with van der Waals surface area (Å²) in [7, 11) is 2.00. The fraction of sp³-hybridized carbons (Fsp3) is 0.333. The van der Waals surface area contributed by atoms with E-state index in [1.54, 1.807) is 11.8 Å². The van der Waals surface area contributed by atoms with Crippen LogP contribution in [0.1, 0.15) is 0 Å². The largest absolute Gasteiger partial charge is 0.380 e. The number of hydrogen-bond acceptors (Lipinski definition) is 3. The minimum atomic E-state index is 0.959. The molecule has 1 N–H and O–H groups in total. The Morgan fingerprint density at radius 1 is 1.56 bits per heavy atom. The van der Waals surface area contributed by atoms with Gasteiger partial charge in [-0.05, 0) is 5.41 Å². The number of hydrogen-bond donors (Lipinski definition) is 1. The van der Waals surface area contributed by atoms with Crippen LogP contribution in [0.15, 0.2) is 24.0 Å². The van der Waals surface area contributed by atoms with E-state index in [9.17, 15) is 0 Å². The molecule has 0 aromatic heterocycles. The van der Waals surface area contributed by atoms with Gasteiger partial charge in [0.05, 0.1) is 5.88 Å². The van der Waals surface area contributed by atoms with Crippen LogP contribution in [0.5, 0.6) is 0 Å². The predicted molar refractivity (Wildman–Crippen MR) is 41.6 cm³/mol. The van der Waals surface area contributed by atoms with Crippen LogP contribution in [-0.2, 0) is 0 Å². The summed E-state index contributed by atoms with van der Waals surface area (Å²) in [6.45, 7) is 0. The molecule has 0 aromatic rings. The van der Waals surface area contributed by atoms with Gasteiger partial charge in [0.1, 0.15) is 0 Å². The lowest BCUT2D eigenvalue weighted by Crippen LogP contribution is -2.08. The Morgan fingerprint density at radius 2 is 2.44 bits per heavy atom. The maximum Gasteiger partial charge on any atom is 0.0646 e. The van der Waals surface area contributed by atoms with Crippen molar-refractivity contribution in [2.24, 2.45) is 0 Å². The molecule has 0 amide bonds. The Balaban J connectivity index is 2.44. The quantitative estimate of drug-likeness (QED) is 0.546. The highest BCUT2D eigenvalue weighted by Crippen LogP contribution is 2.02. The van der Waals surface area contributed by atoms with Crippen molar-refractivity contribution in [1.29, 1.82) is 0 Å². The molecule has 1 rings (SSSR count). The van der Waals surface area contributed by atoms with Crippen LogP contribution in [0.25, 0.3) is 0 Å². The van der Waals surface area contributed by atoms with Gasteiger partial charge in [-0.15, -0.1) is 11.8 Å². The van der Waals surface area contributed by atoms with Gasteiger partial charge < -0.3 is 10.2 Å². The van der Waals surface area contributed by atoms with Crippen LogP contribution in [0.2, 0.25) is 0 Å². The molecule has 0 aromatic carbocycles. The maximum absolute atomic E-state index is 3.11. The predicted octanol–water partition coefficient (Wildman–Crippen LogP) is 1.15. The normalized spacial score (nSPS) is 25.7. The van der Waals surface area contributed by atoms with E-state index >= 15 is 0 Å². The molecular formula is C6H10N2S. The monoisotopic (exact) mass is 142 g/mol. The third kappa shape index (κ3) is 2.46. The van der Waals surface area contributed by atoms with Gasteiger partial charge in [-0.1, -0.05) is 0 Å². The molecule has 2 nitrogen and oxygen atoms in total. The topological polar surface area (TPSA) is 15.3 Å². The average molecular weight is 142 g/mol. The molecule has 0 unspecified atom stereocenters. The van der Waals surface area contributed by atoms with Crippen molar-refractivity contribution in [2.75, 3.05) is 12.9 Å². The fourth-order valence-electron chi connectivity index (χ4n) is 0.503. The zero-order valence-electron chi connectivity index (χ0n) is 5.37. The summed E-state index contributed by atoms with van der Waals surface area (Å²) in [5.41, 5.74) is 0. The van der Waals surface area contributed by atoms with E-state index in [0.717, 1.165) is 5.88 Å². The van der Waals surface area contributed by atoms with E-state index < -0.39 is 0 Å². The Kier molecular flexibility index (Phi) is 2.51. The molecule has 1 aliphatic heterocycles. The molecule has 9 heavy (non-hydrogen) atoms. The maximum atomic E-state index is 3.11. The Bertz CT molecular complexity index is 117. The Morgan fingerprint density at radius 3 is 3.33 bits per heavy atom. The van der Waals surface area contributed by atoms with Crippen LogP contribution in [0, 0.1) is 0 Å². The summed E-state index contributed by atoms with van der Waals surface area (Å²) < 4.78 is 0. The summed E-state index contributed by atoms with van der Waals surface area (Å²) in [6, 6.07) is 0. The summed E-state index contributed by atoms with van der Waals surface area (Å²) in [5, 5.41) is 5.17. The lowest BCUT2D eigenvalue weighted by molar-refractivity contribution is 0.621. The first-order valence-electron chi connectivity index (χ1n) is 2.80. The molecule has 0 saturated heterocycles. The van der Waals surface area contributed by atoms with E-state index in [2.05, 4.69) is 10.7 Å². The van der Waals surface area contributed by atoms with Gasteiger partial charge in [0.25, 0.3) is 0 Å². The van der Waals surface area contributed by atoms with Crippen LogP contribution in [0.3, 0.4) is 0 Å². The Hall–Kier alpha value is -0.570. The first-order chi connectivity index (χ1) is 4.39. The van der Waals surface area contributed by atoms with Crippen LogP contribution < -0.4 is 5.32 Å². The van der Waals surface area contributed by atoms with E-state index in [0.29, 0.717) is 0 Å². The Labute approximate surface area is 59.6 Å². The second-order valence-corrected chi connectivity index (χ2v) is 2.68. The summed E-state index contributed by atoms with van der Waals surface area (Å²) in [6.07, 6.45) is 5.95. The van der Waals surface area contributed by atoms with Gasteiger partial charge in [-0.25, -0.2) is 0 Å². The minimum Gasteiger partial charge on any atom is -0.380 e. The number of thioether (sulfide) groups is 1. The second-order valence-electron chi connectivity index (χ2n) is 1.78. The molecule has 3 heteroatoms. The van der Waals surface area contributed by atoms with Gasteiger partial charge in [0.15, 0.2) is 0 Å². The van der Waals surface area contributed by atoms with Gasteiger partial charge in [-0.3, -0.25) is 0 Å². The minimum absolute atomic E-state index is 0.959. The lowest BCUT2D eigenvalue weighted by atomic mass is 10.7. The first-order valence-corrected chi connectivity index (χ1v) is 3.85. The molecular weight excluding hydrogens is 132 g/mol. The highest BCUT2D eigenvalue weighted by molar-refractivity contribution is 8.02. The van der Waals surface area contributed by atoms with Crippen molar-refractivity contribution in [3.63, 3.8) is 0 Å². The summed E-state index contributed by atoms with van der Waals surface area (Å²) in [4.78, 5) is 2.00. The van der Waals surface area contributed by atoms with Crippen LogP contribution in [0.4, 0.5) is 0 Å². The van der Waals surface area contributed by atoms with Crippen molar-refractivity contribution < 1.29 is 0 Å². The second kappa shape index (κ2) is 3.45. The molecule has 0 fully saturated rings. The van der Waals surface area contributed by atoms with E-state index in [-0.39, 0.29) is 0 Å². The molecule has 50 valence electrons. The number of nitrogens with zero attached hydrogens (tertiary/aromatic N) is 1. The van der Waals surface area contributed by atoms with E-state index in [1.807, 2.05) is 30.5 Å². The molecule has 0 atom stereocenters. The smallest absolute Gasteiger partial charge is 0.0646 e. The number of rotatable bonds is 0. The molecule has 0 saturated carbocycles. The summed E-state index contributed by atoms with van der Waals surface area (Å²) >= 11 is 1.75. The lowest BCUT2D eigenvalue weighted by Gasteiger charge is -2.09. The van der Waals surface area contributed by atoms with Crippen LogP contribution >= 0.6 is 11.8 Å². The number of nitrogens with one attached hydrogen (secondary N) is 1. The van der Waals surface area contributed by atoms with Crippen molar-refractivity contribution >= 4 is 11.8 Å². The van der Waals surface area contributed by atoms with Crippen molar-refractivity contribution in [1.82, 2.24) is 10.2 Å². The SMILES string of the molecule is CN1/C=C\NCS/C=C\1. The van der Waals surface area contributed by atoms with Gasteiger partial charge in [0.2, 0.25) is 0 Å². The van der Waals surface area contributed by atoms with Gasteiger partial charge in [0, 0.05) is 25.6 Å². The third-order valence-electron chi connectivity index (χ3n) is 0.986. The van der Waals surface area contributed by atoms with Gasteiger partial charge in [-0.2, -0.15) is 0 Å². The van der Waals surface area contributed by atoms with E-state index in [1.165, 1.54) is 0 Å².